The Bertz CT molecular complexity index is 1210. The first-order chi connectivity index (χ1) is 17.5. The lowest BCUT2D eigenvalue weighted by molar-refractivity contribution is 0.0945. The van der Waals surface area contributed by atoms with Crippen molar-refractivity contribution >= 4 is 42.1 Å². The Morgan fingerprint density at radius 1 is 0.974 bits per heavy atom. The number of nitrogens with zero attached hydrogens (tertiary/aromatic N) is 5. The lowest BCUT2D eigenvalue weighted by atomic mass is 10.00. The van der Waals surface area contributed by atoms with Crippen LogP contribution in [0.15, 0.2) is 36.2 Å². The van der Waals surface area contributed by atoms with Gasteiger partial charge in [0.25, 0.3) is 0 Å². The van der Waals surface area contributed by atoms with Gasteiger partial charge in [-0.1, -0.05) is 37.6 Å². The van der Waals surface area contributed by atoms with Gasteiger partial charge in [-0.25, -0.2) is 14.4 Å². The third kappa shape index (κ3) is 7.15. The van der Waals surface area contributed by atoms with Crippen molar-refractivity contribution in [1.82, 2.24) is 24.3 Å². The number of rotatable bonds is 7. The second-order valence-corrected chi connectivity index (χ2v) is 10.7. The molecule has 0 saturated carbocycles. The van der Waals surface area contributed by atoms with Gasteiger partial charge in [0.1, 0.15) is 17.2 Å². The van der Waals surface area contributed by atoms with Crippen molar-refractivity contribution in [3.63, 3.8) is 0 Å². The molecule has 38 heavy (non-hydrogen) atoms. The third-order valence-electron chi connectivity index (χ3n) is 7.90. The van der Waals surface area contributed by atoms with Crippen molar-refractivity contribution in [3.05, 3.63) is 64.4 Å². The molecule has 5 rings (SSSR count). The van der Waals surface area contributed by atoms with Crippen molar-refractivity contribution in [2.75, 3.05) is 32.7 Å². The van der Waals surface area contributed by atoms with E-state index in [-0.39, 0.29) is 30.6 Å². The van der Waals surface area contributed by atoms with E-state index in [0.29, 0.717) is 19.1 Å². The van der Waals surface area contributed by atoms with Gasteiger partial charge in [-0.3, -0.25) is 4.90 Å². The number of hydrogen-bond donors (Lipinski definition) is 0. The van der Waals surface area contributed by atoms with E-state index in [2.05, 4.69) is 46.4 Å². The number of aryl methyl sites for hydroxylation is 3. The highest BCUT2D eigenvalue weighted by molar-refractivity contribution is 5.85. The number of piperidine rings is 2. The monoisotopic (exact) mass is 561 g/mol. The molecule has 0 N–H and O–H groups in total. The fraction of sp³-hybridized carbons (Fsp3) is 0.533. The zero-order valence-electron chi connectivity index (χ0n) is 23.0. The Hall–Kier alpha value is -1.99. The molecule has 0 spiro atoms. The zero-order valence-corrected chi connectivity index (χ0v) is 24.6. The first-order valence-corrected chi connectivity index (χ1v) is 13.7. The van der Waals surface area contributed by atoms with E-state index in [1.807, 2.05) is 19.1 Å². The first-order valence-electron chi connectivity index (χ1n) is 13.7. The molecule has 0 atom stereocenters. The number of likely N-dealkylation sites (tertiary alicyclic amines) is 2. The van der Waals surface area contributed by atoms with E-state index in [1.54, 1.807) is 6.08 Å². The minimum Gasteiger partial charge on any atom is -0.308 e. The molecule has 0 radical (unpaired) electrons. The summed E-state index contributed by atoms with van der Waals surface area (Å²) in [6, 6.07) is 11.0. The highest BCUT2D eigenvalue weighted by Crippen LogP contribution is 2.23. The summed E-state index contributed by atoms with van der Waals surface area (Å²) < 4.78 is 17.1. The van der Waals surface area contributed by atoms with Crippen LogP contribution in [0, 0.1) is 13.8 Å². The molecule has 3 aromatic rings. The number of hydrogen-bond acceptors (Lipinski definition) is 4. The lowest BCUT2D eigenvalue weighted by Crippen LogP contribution is -2.46. The Labute approximate surface area is 239 Å². The lowest BCUT2D eigenvalue weighted by Gasteiger charge is -2.40. The van der Waals surface area contributed by atoms with Gasteiger partial charge >= 0.3 is 0 Å². The third-order valence-corrected chi connectivity index (χ3v) is 7.90. The first kappa shape index (κ1) is 30.6. The molecule has 0 unspecified atom stereocenters. The predicted octanol–water partition coefficient (Wildman–Crippen LogP) is 6.76. The summed E-state index contributed by atoms with van der Waals surface area (Å²) in [5.74, 6) is 0.994. The summed E-state index contributed by atoms with van der Waals surface area (Å²) in [6.07, 6.45) is 8.94. The standard InChI is InChI=1S/C30H40FN5.2ClH/c1-4-28-33-29-22(2)18-23(3)32-30(29)36(28)20-25-10-8-24(9-11-25)19-26(31)21-34-16-12-27(13-17-34)35-14-6-5-7-15-35;;/h8-11,18-19,27H,4-7,12-17,20-21H2,1-3H3;2*1H/b26-19-;;. The molecule has 0 amide bonds. The van der Waals surface area contributed by atoms with Gasteiger partial charge in [0, 0.05) is 31.2 Å². The molecule has 1 aromatic carbocycles. The van der Waals surface area contributed by atoms with Crippen LogP contribution in [0.25, 0.3) is 17.2 Å². The fourth-order valence-electron chi connectivity index (χ4n) is 5.95. The predicted molar refractivity (Wildman–Crippen MR) is 160 cm³/mol. The van der Waals surface area contributed by atoms with Gasteiger partial charge in [-0.05, 0) is 81.5 Å². The molecular weight excluding hydrogens is 520 g/mol. The van der Waals surface area contributed by atoms with Crippen LogP contribution in [-0.2, 0) is 13.0 Å². The average Bonchev–Trinajstić information content (AvgIpc) is 3.23. The summed E-state index contributed by atoms with van der Waals surface area (Å²) in [6.45, 7) is 11.9. The average molecular weight is 563 g/mol. The van der Waals surface area contributed by atoms with Crippen LogP contribution in [0.5, 0.6) is 0 Å². The number of benzene rings is 1. The Balaban J connectivity index is 0.00000200. The van der Waals surface area contributed by atoms with Crippen molar-refractivity contribution in [2.24, 2.45) is 0 Å². The van der Waals surface area contributed by atoms with Gasteiger partial charge in [0.2, 0.25) is 0 Å². The summed E-state index contributed by atoms with van der Waals surface area (Å²) in [4.78, 5) is 14.6. The minimum atomic E-state index is -0.0526. The number of halogens is 3. The van der Waals surface area contributed by atoms with Gasteiger partial charge in [-0.2, -0.15) is 0 Å². The Morgan fingerprint density at radius 2 is 1.66 bits per heavy atom. The summed E-state index contributed by atoms with van der Waals surface area (Å²) in [7, 11) is 0. The molecule has 2 saturated heterocycles. The fourth-order valence-corrected chi connectivity index (χ4v) is 5.95. The maximum atomic E-state index is 14.9. The van der Waals surface area contributed by atoms with Crippen LogP contribution >= 0.6 is 24.8 Å². The van der Waals surface area contributed by atoms with Crippen LogP contribution in [0.1, 0.15) is 67.2 Å². The highest BCUT2D eigenvalue weighted by Gasteiger charge is 2.25. The number of fused-ring (bicyclic) bond motifs is 1. The second-order valence-electron chi connectivity index (χ2n) is 10.7. The van der Waals surface area contributed by atoms with Crippen molar-refractivity contribution in [3.8, 4) is 0 Å². The van der Waals surface area contributed by atoms with Crippen LogP contribution in [0.3, 0.4) is 0 Å². The molecule has 2 aliphatic rings. The maximum Gasteiger partial charge on any atom is 0.160 e. The molecule has 208 valence electrons. The summed E-state index contributed by atoms with van der Waals surface area (Å²) in [5, 5.41) is 0. The van der Waals surface area contributed by atoms with Crippen molar-refractivity contribution in [1.29, 1.82) is 0 Å². The zero-order chi connectivity index (χ0) is 25.1. The Kier molecular flexibility index (Phi) is 11.2. The van der Waals surface area contributed by atoms with Gasteiger partial charge in [-0.15, -0.1) is 24.8 Å². The van der Waals surface area contributed by atoms with E-state index in [1.165, 1.54) is 50.8 Å². The normalized spacial score (nSPS) is 17.8. The van der Waals surface area contributed by atoms with Crippen LogP contribution in [0.4, 0.5) is 4.39 Å². The molecular formula is C30H42Cl2FN5. The van der Waals surface area contributed by atoms with Crippen molar-refractivity contribution < 1.29 is 4.39 Å². The van der Waals surface area contributed by atoms with E-state index in [9.17, 15) is 4.39 Å². The second kappa shape index (κ2) is 13.9. The molecule has 8 heteroatoms. The van der Waals surface area contributed by atoms with E-state index in [4.69, 9.17) is 9.97 Å². The molecule has 2 aliphatic heterocycles. The number of imidazole rings is 1. The van der Waals surface area contributed by atoms with Crippen molar-refractivity contribution in [2.45, 2.75) is 71.9 Å². The molecule has 4 heterocycles. The van der Waals surface area contributed by atoms with E-state index in [0.717, 1.165) is 53.3 Å². The van der Waals surface area contributed by atoms with E-state index >= 15 is 0 Å². The summed E-state index contributed by atoms with van der Waals surface area (Å²) in [5.41, 5.74) is 6.19. The summed E-state index contributed by atoms with van der Waals surface area (Å²) >= 11 is 0. The number of aromatic nitrogens is 3. The molecule has 2 aromatic heterocycles. The van der Waals surface area contributed by atoms with Gasteiger partial charge in [0.05, 0.1) is 13.1 Å². The van der Waals surface area contributed by atoms with E-state index < -0.39 is 0 Å². The Morgan fingerprint density at radius 3 is 2.32 bits per heavy atom. The quantitative estimate of drug-likeness (QED) is 0.319. The maximum absolute atomic E-state index is 14.9. The highest BCUT2D eigenvalue weighted by atomic mass is 35.5. The van der Waals surface area contributed by atoms with Gasteiger partial charge < -0.3 is 9.47 Å². The molecule has 2 fully saturated rings. The largest absolute Gasteiger partial charge is 0.308 e. The van der Waals surface area contributed by atoms with Crippen LogP contribution in [-0.4, -0.2) is 63.1 Å². The minimum absolute atomic E-state index is 0. The van der Waals surface area contributed by atoms with Crippen LogP contribution in [0.2, 0.25) is 0 Å². The molecule has 0 aliphatic carbocycles. The molecule has 0 bridgehead atoms. The molecule has 5 nitrogen and oxygen atoms in total. The number of pyridine rings is 1. The van der Waals surface area contributed by atoms with Gasteiger partial charge in [0.15, 0.2) is 5.65 Å². The van der Waals surface area contributed by atoms with Crippen LogP contribution < -0.4 is 0 Å². The SMILES string of the molecule is CCc1nc2c(C)cc(C)nc2n1Cc1ccc(/C=C(\F)CN2CCC(N3CCCCC3)CC2)cc1.Cl.Cl. The smallest absolute Gasteiger partial charge is 0.160 e. The topological polar surface area (TPSA) is 37.2 Å².